The van der Waals surface area contributed by atoms with Crippen molar-refractivity contribution < 1.29 is 0 Å². The highest BCUT2D eigenvalue weighted by Gasteiger charge is 2.08. The maximum Gasteiger partial charge on any atom is 0.0289 e. The molecule has 0 aromatic rings. The van der Waals surface area contributed by atoms with Crippen molar-refractivity contribution in [3.8, 4) is 0 Å². The zero-order valence-electron chi connectivity index (χ0n) is 9.04. The van der Waals surface area contributed by atoms with E-state index in [-0.39, 0.29) is 0 Å². The van der Waals surface area contributed by atoms with E-state index in [9.17, 15) is 0 Å². The van der Waals surface area contributed by atoms with Gasteiger partial charge in [0, 0.05) is 18.8 Å². The molecule has 1 heterocycles. The van der Waals surface area contributed by atoms with Gasteiger partial charge in [0.2, 0.25) is 0 Å². The molecule has 0 amide bonds. The van der Waals surface area contributed by atoms with Crippen LogP contribution in [0.4, 0.5) is 0 Å². The summed E-state index contributed by atoms with van der Waals surface area (Å²) in [5.41, 5.74) is 1.17. The molecule has 0 N–H and O–H groups in total. The predicted octanol–water partition coefficient (Wildman–Crippen LogP) is 3.51. The number of likely N-dealkylation sites (tertiary alicyclic amines) is 1. The fourth-order valence-corrected chi connectivity index (χ4v) is 1.72. The third-order valence-electron chi connectivity index (χ3n) is 2.61. The monoisotopic (exact) mass is 191 g/mol. The van der Waals surface area contributed by atoms with Crippen LogP contribution in [0.5, 0.6) is 0 Å². The Morgan fingerprint density at radius 2 is 1.86 bits per heavy atom. The highest BCUT2D eigenvalue weighted by Crippen LogP contribution is 2.14. The molecule has 0 saturated carbocycles. The number of allylic oxidation sites excluding steroid dienone is 3. The molecule has 0 aromatic carbocycles. The van der Waals surface area contributed by atoms with Crippen LogP contribution in [-0.4, -0.2) is 18.0 Å². The van der Waals surface area contributed by atoms with E-state index >= 15 is 0 Å². The zero-order valence-corrected chi connectivity index (χ0v) is 9.04. The fraction of sp³-hybridized carbons (Fsp3) is 0.538. The number of nitrogens with zero attached hydrogens (tertiary/aromatic N) is 1. The van der Waals surface area contributed by atoms with E-state index < -0.39 is 0 Å². The second-order valence-corrected chi connectivity index (χ2v) is 3.81. The van der Waals surface area contributed by atoms with Gasteiger partial charge in [-0.05, 0) is 38.2 Å². The van der Waals surface area contributed by atoms with Crippen molar-refractivity contribution in [3.63, 3.8) is 0 Å². The van der Waals surface area contributed by atoms with Crippen molar-refractivity contribution in [2.24, 2.45) is 0 Å². The number of unbranched alkanes of at least 4 members (excludes halogenated alkanes) is 1. The van der Waals surface area contributed by atoms with Gasteiger partial charge in [-0.15, -0.1) is 6.58 Å². The Hall–Kier alpha value is -0.980. The molecule has 0 radical (unpaired) electrons. The van der Waals surface area contributed by atoms with E-state index in [4.69, 9.17) is 0 Å². The Bertz CT molecular complexity index is 209. The minimum atomic E-state index is 1.06. The Kier molecular flexibility index (Phi) is 5.13. The third kappa shape index (κ3) is 3.82. The lowest BCUT2D eigenvalue weighted by Crippen LogP contribution is -2.27. The lowest BCUT2D eigenvalue weighted by molar-refractivity contribution is 0.294. The van der Waals surface area contributed by atoms with Crippen molar-refractivity contribution in [2.45, 2.75) is 32.1 Å². The molecule has 0 bridgehead atoms. The van der Waals surface area contributed by atoms with Gasteiger partial charge in [-0.25, -0.2) is 0 Å². The van der Waals surface area contributed by atoms with Crippen LogP contribution in [0.3, 0.4) is 0 Å². The van der Waals surface area contributed by atoms with Crippen LogP contribution in [0, 0.1) is 0 Å². The molecule has 0 unspecified atom stereocenters. The van der Waals surface area contributed by atoms with Crippen LogP contribution in [-0.2, 0) is 0 Å². The number of rotatable bonds is 5. The molecule has 1 nitrogen and oxygen atoms in total. The molecule has 78 valence electrons. The van der Waals surface area contributed by atoms with E-state index in [1.807, 2.05) is 6.08 Å². The Labute approximate surface area is 87.8 Å². The van der Waals surface area contributed by atoms with E-state index in [0.717, 1.165) is 12.8 Å². The van der Waals surface area contributed by atoms with Gasteiger partial charge in [0.25, 0.3) is 0 Å². The second-order valence-electron chi connectivity index (χ2n) is 3.81. The van der Waals surface area contributed by atoms with Crippen molar-refractivity contribution in [3.05, 3.63) is 37.1 Å². The summed E-state index contributed by atoms with van der Waals surface area (Å²) in [6.07, 6.45) is 12.4. The number of hydrogen-bond acceptors (Lipinski definition) is 1. The summed E-state index contributed by atoms with van der Waals surface area (Å²) < 4.78 is 0. The standard InChI is InChI=1S/C13H21N/c1-3-4-5-7-10-13(2)14-11-8-6-9-12-14/h3,7,10H,1-2,4-6,8-9,11-12H2/b10-7+. The minimum Gasteiger partial charge on any atom is -0.372 e. The average molecular weight is 191 g/mol. The smallest absolute Gasteiger partial charge is 0.0289 e. The first-order valence-corrected chi connectivity index (χ1v) is 5.56. The first kappa shape index (κ1) is 11.1. The minimum absolute atomic E-state index is 1.06. The van der Waals surface area contributed by atoms with Gasteiger partial charge in [0.05, 0.1) is 0 Å². The van der Waals surface area contributed by atoms with Crippen LogP contribution in [0.25, 0.3) is 0 Å². The van der Waals surface area contributed by atoms with Crippen molar-refractivity contribution >= 4 is 0 Å². The molecule has 1 heteroatoms. The van der Waals surface area contributed by atoms with Crippen LogP contribution < -0.4 is 0 Å². The number of piperidine rings is 1. The number of hydrogen-bond donors (Lipinski definition) is 0. The third-order valence-corrected chi connectivity index (χ3v) is 2.61. The van der Waals surface area contributed by atoms with Gasteiger partial charge >= 0.3 is 0 Å². The molecular formula is C13H21N. The highest BCUT2D eigenvalue weighted by atomic mass is 15.1. The summed E-state index contributed by atoms with van der Waals surface area (Å²) in [7, 11) is 0. The summed E-state index contributed by atoms with van der Waals surface area (Å²) in [5, 5.41) is 0. The predicted molar refractivity (Wildman–Crippen MR) is 63.1 cm³/mol. The Morgan fingerprint density at radius 3 is 2.50 bits per heavy atom. The first-order valence-electron chi connectivity index (χ1n) is 5.56. The molecule has 1 rings (SSSR count). The Morgan fingerprint density at radius 1 is 1.14 bits per heavy atom. The molecule has 1 aliphatic heterocycles. The summed E-state index contributed by atoms with van der Waals surface area (Å²) >= 11 is 0. The molecule has 14 heavy (non-hydrogen) atoms. The topological polar surface area (TPSA) is 3.24 Å². The van der Waals surface area contributed by atoms with Gasteiger partial charge in [0.1, 0.15) is 0 Å². The molecule has 1 aliphatic rings. The summed E-state index contributed by atoms with van der Waals surface area (Å²) in [6, 6.07) is 0. The molecule has 0 aromatic heterocycles. The summed E-state index contributed by atoms with van der Waals surface area (Å²) in [6.45, 7) is 10.2. The van der Waals surface area contributed by atoms with Crippen LogP contribution in [0.15, 0.2) is 37.1 Å². The van der Waals surface area contributed by atoms with Gasteiger partial charge in [-0.2, -0.15) is 0 Å². The average Bonchev–Trinajstić information content (AvgIpc) is 2.25. The van der Waals surface area contributed by atoms with E-state index in [1.165, 1.54) is 38.0 Å². The van der Waals surface area contributed by atoms with Gasteiger partial charge < -0.3 is 4.90 Å². The van der Waals surface area contributed by atoms with Gasteiger partial charge in [-0.1, -0.05) is 18.7 Å². The largest absolute Gasteiger partial charge is 0.372 e. The second kappa shape index (κ2) is 6.47. The van der Waals surface area contributed by atoms with Crippen LogP contribution >= 0.6 is 0 Å². The maximum atomic E-state index is 4.09. The lowest BCUT2D eigenvalue weighted by Gasteiger charge is -2.28. The molecule has 0 spiro atoms. The molecule has 0 aliphatic carbocycles. The zero-order chi connectivity index (χ0) is 10.2. The van der Waals surface area contributed by atoms with Gasteiger partial charge in [0.15, 0.2) is 0 Å². The maximum absolute atomic E-state index is 4.09. The van der Waals surface area contributed by atoms with Crippen molar-refractivity contribution in [2.75, 3.05) is 13.1 Å². The molecular weight excluding hydrogens is 170 g/mol. The Balaban J connectivity index is 2.25. The fourth-order valence-electron chi connectivity index (χ4n) is 1.72. The quantitative estimate of drug-likeness (QED) is 0.365. The van der Waals surface area contributed by atoms with Crippen LogP contribution in [0.2, 0.25) is 0 Å². The van der Waals surface area contributed by atoms with Crippen molar-refractivity contribution in [1.82, 2.24) is 4.90 Å². The van der Waals surface area contributed by atoms with Crippen LogP contribution in [0.1, 0.15) is 32.1 Å². The molecule has 1 saturated heterocycles. The highest BCUT2D eigenvalue weighted by molar-refractivity contribution is 5.13. The molecule has 1 fully saturated rings. The van der Waals surface area contributed by atoms with Crippen molar-refractivity contribution in [1.29, 1.82) is 0 Å². The van der Waals surface area contributed by atoms with E-state index in [0.29, 0.717) is 0 Å². The summed E-state index contributed by atoms with van der Waals surface area (Å²) in [5.74, 6) is 0. The lowest BCUT2D eigenvalue weighted by atomic mass is 10.1. The normalized spacial score (nSPS) is 17.3. The van der Waals surface area contributed by atoms with E-state index in [2.05, 4.69) is 30.2 Å². The summed E-state index contributed by atoms with van der Waals surface area (Å²) in [4.78, 5) is 2.38. The first-order chi connectivity index (χ1) is 6.84. The molecule has 0 atom stereocenters. The van der Waals surface area contributed by atoms with E-state index in [1.54, 1.807) is 0 Å². The SMILES string of the molecule is C=CCC/C=C/C(=C)N1CCCCC1. The van der Waals surface area contributed by atoms with Gasteiger partial charge in [-0.3, -0.25) is 0 Å².